The third-order valence-corrected chi connectivity index (χ3v) is 4.92. The summed E-state index contributed by atoms with van der Waals surface area (Å²) in [5, 5.41) is 11.1. The van der Waals surface area contributed by atoms with E-state index < -0.39 is 29.1 Å². The van der Waals surface area contributed by atoms with Crippen molar-refractivity contribution in [1.29, 1.82) is 0 Å². The van der Waals surface area contributed by atoms with Crippen LogP contribution in [0.5, 0.6) is 5.75 Å². The number of hydrogen-bond acceptors (Lipinski definition) is 7. The normalized spacial score (nSPS) is 13.6. The lowest BCUT2D eigenvalue weighted by Gasteiger charge is -2.30. The van der Waals surface area contributed by atoms with Gasteiger partial charge in [0.05, 0.1) is 23.3 Å². The first-order valence-electron chi connectivity index (χ1n) is 9.48. The number of benzene rings is 2. The summed E-state index contributed by atoms with van der Waals surface area (Å²) in [6.07, 6.45) is 2.98. The average molecular weight is 416 g/mol. The van der Waals surface area contributed by atoms with E-state index in [1.165, 1.54) is 31.4 Å². The van der Waals surface area contributed by atoms with Crippen molar-refractivity contribution >= 4 is 23.1 Å². The first-order chi connectivity index (χ1) is 14.4. The summed E-state index contributed by atoms with van der Waals surface area (Å²) in [4.78, 5) is 37.5. The van der Waals surface area contributed by atoms with Crippen LogP contribution in [0.3, 0.4) is 0 Å². The quantitative estimate of drug-likeness (QED) is 0.293. The van der Waals surface area contributed by atoms with Crippen LogP contribution in [0.1, 0.15) is 40.0 Å². The first kappa shape index (κ1) is 21.2. The molecular formula is C21H21FN2O6. The second-order valence-corrected chi connectivity index (χ2v) is 6.85. The molecule has 3 rings (SSSR count). The Morgan fingerprint density at radius 1 is 1.13 bits per heavy atom. The van der Waals surface area contributed by atoms with E-state index >= 15 is 0 Å². The van der Waals surface area contributed by atoms with Gasteiger partial charge in [-0.3, -0.25) is 14.9 Å². The molecule has 1 aliphatic heterocycles. The molecule has 0 bridgehead atoms. The number of piperidine rings is 1. The van der Waals surface area contributed by atoms with Crippen LogP contribution < -0.4 is 9.64 Å². The summed E-state index contributed by atoms with van der Waals surface area (Å²) in [5.41, 5.74) is 0.343. The first-order valence-corrected chi connectivity index (χ1v) is 9.48. The van der Waals surface area contributed by atoms with Crippen LogP contribution in [0.4, 0.5) is 15.8 Å². The Balaban J connectivity index is 1.78. The Hall–Kier alpha value is -3.49. The van der Waals surface area contributed by atoms with E-state index in [1.54, 1.807) is 0 Å². The van der Waals surface area contributed by atoms with Crippen molar-refractivity contribution in [2.75, 3.05) is 31.7 Å². The lowest BCUT2D eigenvalue weighted by atomic mass is 10.1. The number of hydrogen-bond donors (Lipinski definition) is 0. The Morgan fingerprint density at radius 3 is 2.50 bits per heavy atom. The van der Waals surface area contributed by atoms with Crippen LogP contribution in [0, 0.1) is 15.9 Å². The van der Waals surface area contributed by atoms with E-state index in [9.17, 15) is 24.1 Å². The number of carbonyl (C=O) groups is 2. The predicted molar refractivity (Wildman–Crippen MR) is 107 cm³/mol. The van der Waals surface area contributed by atoms with Gasteiger partial charge in [0, 0.05) is 30.8 Å². The predicted octanol–water partition coefficient (Wildman–Crippen LogP) is 3.77. The molecule has 1 aliphatic rings. The molecule has 8 nitrogen and oxygen atoms in total. The number of esters is 1. The van der Waals surface area contributed by atoms with Crippen LogP contribution in [-0.2, 0) is 4.74 Å². The minimum atomic E-state index is -0.846. The Morgan fingerprint density at radius 2 is 1.87 bits per heavy atom. The van der Waals surface area contributed by atoms with Crippen LogP contribution in [-0.4, -0.2) is 43.5 Å². The summed E-state index contributed by atoms with van der Waals surface area (Å²) < 4.78 is 23.7. The highest BCUT2D eigenvalue weighted by Gasteiger charge is 2.23. The summed E-state index contributed by atoms with van der Waals surface area (Å²) >= 11 is 0. The highest BCUT2D eigenvalue weighted by molar-refractivity contribution is 6.01. The molecule has 0 spiro atoms. The maximum absolute atomic E-state index is 13.8. The third-order valence-electron chi connectivity index (χ3n) is 4.92. The number of rotatable bonds is 7. The zero-order valence-electron chi connectivity index (χ0n) is 16.4. The lowest BCUT2D eigenvalue weighted by molar-refractivity contribution is -0.384. The van der Waals surface area contributed by atoms with Crippen molar-refractivity contribution in [1.82, 2.24) is 0 Å². The fraction of sp³-hybridized carbons (Fsp3) is 0.333. The highest BCUT2D eigenvalue weighted by Crippen LogP contribution is 2.29. The zero-order valence-corrected chi connectivity index (χ0v) is 16.4. The number of halogens is 1. The zero-order chi connectivity index (χ0) is 21.7. The summed E-state index contributed by atoms with van der Waals surface area (Å²) in [6, 6.07) is 7.70. The summed E-state index contributed by atoms with van der Waals surface area (Å²) in [5.74, 6) is -2.16. The molecule has 0 amide bonds. The fourth-order valence-corrected chi connectivity index (χ4v) is 3.34. The van der Waals surface area contributed by atoms with Gasteiger partial charge >= 0.3 is 5.97 Å². The second kappa shape index (κ2) is 9.34. The number of anilines is 1. The van der Waals surface area contributed by atoms with Gasteiger partial charge in [0.2, 0.25) is 0 Å². The van der Waals surface area contributed by atoms with Gasteiger partial charge < -0.3 is 14.4 Å². The van der Waals surface area contributed by atoms with E-state index in [0.717, 1.165) is 44.5 Å². The molecule has 1 saturated heterocycles. The van der Waals surface area contributed by atoms with Crippen molar-refractivity contribution < 1.29 is 28.4 Å². The molecule has 0 aliphatic carbocycles. The van der Waals surface area contributed by atoms with Crippen LogP contribution in [0.15, 0.2) is 36.4 Å². The molecule has 0 atom stereocenters. The van der Waals surface area contributed by atoms with Crippen LogP contribution >= 0.6 is 0 Å². The standard InChI is InChI=1S/C21H21FN2O6/c1-29-20-8-5-14(11-17(20)22)19(25)13-30-21(26)16-12-15(24(27)28)6-7-18(16)23-9-3-2-4-10-23/h5-8,11-12H,2-4,9-10,13H2,1H3. The minimum Gasteiger partial charge on any atom is -0.494 e. The fourth-order valence-electron chi connectivity index (χ4n) is 3.34. The van der Waals surface area contributed by atoms with Gasteiger partial charge in [0.1, 0.15) is 0 Å². The SMILES string of the molecule is COc1ccc(C(=O)COC(=O)c2cc([N+](=O)[O-])ccc2N2CCCCC2)cc1F. The molecule has 0 radical (unpaired) electrons. The van der Waals surface area contributed by atoms with E-state index in [1.807, 2.05) is 4.90 Å². The van der Waals surface area contributed by atoms with Crippen LogP contribution in [0.25, 0.3) is 0 Å². The summed E-state index contributed by atoms with van der Waals surface area (Å²) in [6.45, 7) is 0.830. The number of ketones is 1. The summed E-state index contributed by atoms with van der Waals surface area (Å²) in [7, 11) is 1.31. The Bertz CT molecular complexity index is 972. The molecule has 2 aromatic rings. The lowest BCUT2D eigenvalue weighted by Crippen LogP contribution is -2.31. The Labute approximate surface area is 172 Å². The van der Waals surface area contributed by atoms with Gasteiger partial charge in [0.15, 0.2) is 24.0 Å². The molecule has 2 aromatic carbocycles. The molecule has 9 heteroatoms. The maximum atomic E-state index is 13.8. The van der Waals surface area contributed by atoms with Gasteiger partial charge in [-0.2, -0.15) is 0 Å². The van der Waals surface area contributed by atoms with Crippen molar-refractivity contribution in [3.63, 3.8) is 0 Å². The molecular weight excluding hydrogens is 395 g/mol. The van der Waals surface area contributed by atoms with Gasteiger partial charge in [-0.05, 0) is 43.5 Å². The topological polar surface area (TPSA) is 99.0 Å². The van der Waals surface area contributed by atoms with Gasteiger partial charge in [-0.25, -0.2) is 9.18 Å². The second-order valence-electron chi connectivity index (χ2n) is 6.85. The number of methoxy groups -OCH3 is 1. The minimum absolute atomic E-state index is 0.00804. The highest BCUT2D eigenvalue weighted by atomic mass is 19.1. The smallest absolute Gasteiger partial charge is 0.340 e. The Kier molecular flexibility index (Phi) is 6.61. The average Bonchev–Trinajstić information content (AvgIpc) is 2.77. The van der Waals surface area contributed by atoms with Gasteiger partial charge in [-0.1, -0.05) is 0 Å². The molecule has 30 heavy (non-hydrogen) atoms. The third kappa shape index (κ3) is 4.73. The number of nitrogens with zero attached hydrogens (tertiary/aromatic N) is 2. The number of Topliss-reactive ketones (excluding diaryl/α,β-unsaturated/α-hetero) is 1. The maximum Gasteiger partial charge on any atom is 0.340 e. The van der Waals surface area contributed by atoms with E-state index in [2.05, 4.69) is 0 Å². The molecule has 0 saturated carbocycles. The molecule has 1 fully saturated rings. The largest absolute Gasteiger partial charge is 0.494 e. The molecule has 0 unspecified atom stereocenters. The van der Waals surface area contributed by atoms with Crippen LogP contribution in [0.2, 0.25) is 0 Å². The number of nitro benzene ring substituents is 1. The van der Waals surface area contributed by atoms with Crippen molar-refractivity contribution in [3.05, 3.63) is 63.5 Å². The van der Waals surface area contributed by atoms with Gasteiger partial charge in [-0.15, -0.1) is 0 Å². The number of carbonyl (C=O) groups excluding carboxylic acids is 2. The van der Waals surface area contributed by atoms with E-state index in [0.29, 0.717) is 5.69 Å². The number of non-ortho nitro benzene ring substituents is 1. The van der Waals surface area contributed by atoms with E-state index in [4.69, 9.17) is 9.47 Å². The molecule has 0 aromatic heterocycles. The molecule has 158 valence electrons. The van der Waals surface area contributed by atoms with E-state index in [-0.39, 0.29) is 22.6 Å². The van der Waals surface area contributed by atoms with Crippen molar-refractivity contribution in [2.24, 2.45) is 0 Å². The molecule has 1 heterocycles. The number of nitro groups is 1. The monoisotopic (exact) mass is 416 g/mol. The molecule has 0 N–H and O–H groups in total. The van der Waals surface area contributed by atoms with Gasteiger partial charge in [0.25, 0.3) is 5.69 Å². The number of ether oxygens (including phenoxy) is 2. The van der Waals surface area contributed by atoms with Crippen molar-refractivity contribution in [3.8, 4) is 5.75 Å². The van der Waals surface area contributed by atoms with Crippen molar-refractivity contribution in [2.45, 2.75) is 19.3 Å².